The molecule has 1 aromatic rings. The molecule has 148 valence electrons. The second kappa shape index (κ2) is 11.4. The van der Waals surface area contributed by atoms with Crippen molar-refractivity contribution in [2.24, 2.45) is 10.9 Å². The van der Waals surface area contributed by atoms with Gasteiger partial charge in [-0.3, -0.25) is 4.79 Å². The number of carbonyl (C=O) groups is 1. The van der Waals surface area contributed by atoms with E-state index in [9.17, 15) is 4.79 Å². The van der Waals surface area contributed by atoms with E-state index in [2.05, 4.69) is 27.5 Å². The number of guanidine groups is 1. The molecule has 8 heteroatoms. The van der Waals surface area contributed by atoms with Crippen molar-refractivity contribution in [2.75, 3.05) is 26.2 Å². The van der Waals surface area contributed by atoms with Crippen LogP contribution in [0.2, 0.25) is 0 Å². The summed E-state index contributed by atoms with van der Waals surface area (Å²) in [5.74, 6) is 2.93. The predicted molar refractivity (Wildman–Crippen MR) is 114 cm³/mol. The van der Waals surface area contributed by atoms with Crippen LogP contribution in [0.25, 0.3) is 0 Å². The van der Waals surface area contributed by atoms with Gasteiger partial charge in [0.05, 0.1) is 5.69 Å². The number of piperidine rings is 1. The van der Waals surface area contributed by atoms with Gasteiger partial charge in [0.2, 0.25) is 11.8 Å². The van der Waals surface area contributed by atoms with Crippen LogP contribution in [0.3, 0.4) is 0 Å². The van der Waals surface area contributed by atoms with Crippen LogP contribution in [0.5, 0.6) is 0 Å². The average molecular weight is 477 g/mol. The Bertz CT molecular complexity index is 583. The zero-order valence-corrected chi connectivity index (χ0v) is 18.6. The van der Waals surface area contributed by atoms with E-state index >= 15 is 0 Å². The Morgan fingerprint density at radius 3 is 2.77 bits per heavy atom. The van der Waals surface area contributed by atoms with Crippen LogP contribution in [0.1, 0.15) is 50.5 Å². The Labute approximate surface area is 173 Å². The molecule has 0 saturated carbocycles. The number of aryl methyl sites for hydroxylation is 2. The number of aliphatic imine (C=N–C) groups is 1. The number of carbonyl (C=O) groups excluding carboxylic acids is 1. The van der Waals surface area contributed by atoms with Crippen molar-refractivity contribution >= 4 is 35.8 Å². The van der Waals surface area contributed by atoms with E-state index in [1.807, 2.05) is 25.7 Å². The summed E-state index contributed by atoms with van der Waals surface area (Å²) < 4.78 is 5.54. The van der Waals surface area contributed by atoms with E-state index in [0.29, 0.717) is 37.3 Å². The molecule has 1 saturated heterocycles. The molecular weight excluding hydrogens is 445 g/mol. The van der Waals surface area contributed by atoms with Crippen molar-refractivity contribution in [3.8, 4) is 0 Å². The van der Waals surface area contributed by atoms with Crippen molar-refractivity contribution in [1.82, 2.24) is 20.5 Å². The molecule has 2 heterocycles. The molecule has 0 aliphatic carbocycles. The summed E-state index contributed by atoms with van der Waals surface area (Å²) in [6.07, 6.45) is 2.81. The van der Waals surface area contributed by atoms with Gasteiger partial charge >= 0.3 is 0 Å². The van der Waals surface area contributed by atoms with Crippen molar-refractivity contribution in [3.63, 3.8) is 0 Å². The molecule has 1 fully saturated rings. The monoisotopic (exact) mass is 477 g/mol. The van der Waals surface area contributed by atoms with Gasteiger partial charge in [-0.15, -0.1) is 24.0 Å². The number of amides is 1. The Morgan fingerprint density at radius 1 is 1.38 bits per heavy atom. The molecule has 26 heavy (non-hydrogen) atoms. The highest BCUT2D eigenvalue weighted by molar-refractivity contribution is 14.0. The van der Waals surface area contributed by atoms with Gasteiger partial charge in [-0.1, -0.05) is 6.92 Å². The van der Waals surface area contributed by atoms with Crippen LogP contribution < -0.4 is 10.6 Å². The topological polar surface area (TPSA) is 82.8 Å². The first-order valence-electron chi connectivity index (χ1n) is 9.22. The maximum absolute atomic E-state index is 12.3. The molecule has 7 nitrogen and oxygen atoms in total. The van der Waals surface area contributed by atoms with E-state index in [4.69, 9.17) is 4.42 Å². The van der Waals surface area contributed by atoms with Crippen LogP contribution >= 0.6 is 24.0 Å². The second-order valence-corrected chi connectivity index (χ2v) is 6.71. The first-order valence-corrected chi connectivity index (χ1v) is 9.22. The molecule has 0 spiro atoms. The lowest BCUT2D eigenvalue weighted by atomic mass is 10.00. The molecule has 1 atom stereocenters. The van der Waals surface area contributed by atoms with Crippen LogP contribution in [-0.4, -0.2) is 47.9 Å². The van der Waals surface area contributed by atoms with Gasteiger partial charge in [-0.05, 0) is 39.5 Å². The van der Waals surface area contributed by atoms with Gasteiger partial charge in [0, 0.05) is 32.6 Å². The lowest BCUT2D eigenvalue weighted by molar-refractivity contribution is -0.132. The minimum atomic E-state index is 0. The summed E-state index contributed by atoms with van der Waals surface area (Å²) in [7, 11) is 0. The SMILES string of the molecule is CCNC(=NCc1nc(C)c(C)o1)NCCC(=O)N1CCCC(C)C1.I. The average Bonchev–Trinajstić information content (AvgIpc) is 2.90. The van der Waals surface area contributed by atoms with Gasteiger partial charge < -0.3 is 20.0 Å². The highest BCUT2D eigenvalue weighted by atomic mass is 127. The maximum atomic E-state index is 12.3. The van der Waals surface area contributed by atoms with E-state index in [0.717, 1.165) is 37.5 Å². The lowest BCUT2D eigenvalue weighted by Crippen LogP contribution is -2.42. The third-order valence-corrected chi connectivity index (χ3v) is 4.43. The lowest BCUT2D eigenvalue weighted by Gasteiger charge is -2.31. The molecular formula is C18H32IN5O2. The number of oxazole rings is 1. The Hall–Kier alpha value is -1.32. The molecule has 2 rings (SSSR count). The molecule has 1 aromatic heterocycles. The van der Waals surface area contributed by atoms with Crippen LogP contribution in [0.4, 0.5) is 0 Å². The zero-order chi connectivity index (χ0) is 18.2. The van der Waals surface area contributed by atoms with Crippen molar-refractivity contribution in [3.05, 3.63) is 17.3 Å². The quantitative estimate of drug-likeness (QED) is 0.374. The fourth-order valence-electron chi connectivity index (χ4n) is 2.96. The molecule has 1 amide bonds. The van der Waals surface area contributed by atoms with Gasteiger partial charge in [0.15, 0.2) is 5.96 Å². The Balaban J connectivity index is 0.00000338. The van der Waals surface area contributed by atoms with Gasteiger partial charge in [0.1, 0.15) is 12.3 Å². The van der Waals surface area contributed by atoms with Gasteiger partial charge in [0.25, 0.3) is 0 Å². The summed E-state index contributed by atoms with van der Waals surface area (Å²) in [6, 6.07) is 0. The molecule has 0 radical (unpaired) electrons. The Kier molecular flexibility index (Phi) is 9.97. The number of nitrogens with one attached hydrogen (secondary N) is 2. The summed E-state index contributed by atoms with van der Waals surface area (Å²) >= 11 is 0. The third-order valence-electron chi connectivity index (χ3n) is 4.43. The molecule has 0 bridgehead atoms. The molecule has 1 aliphatic rings. The number of likely N-dealkylation sites (tertiary alicyclic amines) is 1. The minimum Gasteiger partial charge on any atom is -0.444 e. The fraction of sp³-hybridized carbons (Fsp3) is 0.722. The van der Waals surface area contributed by atoms with Crippen molar-refractivity contribution in [1.29, 1.82) is 0 Å². The number of aromatic nitrogens is 1. The highest BCUT2D eigenvalue weighted by Crippen LogP contribution is 2.15. The Morgan fingerprint density at radius 2 is 2.15 bits per heavy atom. The fourth-order valence-corrected chi connectivity index (χ4v) is 2.96. The number of hydrogen-bond acceptors (Lipinski definition) is 4. The third kappa shape index (κ3) is 7.13. The molecule has 2 N–H and O–H groups in total. The second-order valence-electron chi connectivity index (χ2n) is 6.71. The standard InChI is InChI=1S/C18H31N5O2.HI/c1-5-19-18(21-11-16-22-14(3)15(4)25-16)20-9-8-17(24)23-10-6-7-13(2)12-23;/h13H,5-12H2,1-4H3,(H2,19,20,21);1H. The first kappa shape index (κ1) is 22.7. The largest absolute Gasteiger partial charge is 0.444 e. The van der Waals surface area contributed by atoms with Crippen molar-refractivity contribution < 1.29 is 9.21 Å². The molecule has 1 unspecified atom stereocenters. The van der Waals surface area contributed by atoms with E-state index in [1.54, 1.807) is 0 Å². The van der Waals surface area contributed by atoms with Crippen molar-refractivity contribution in [2.45, 2.75) is 53.5 Å². The highest BCUT2D eigenvalue weighted by Gasteiger charge is 2.20. The van der Waals surface area contributed by atoms with E-state index in [-0.39, 0.29) is 29.9 Å². The number of halogens is 1. The predicted octanol–water partition coefficient (Wildman–Crippen LogP) is 2.61. The van der Waals surface area contributed by atoms with Crippen LogP contribution in [-0.2, 0) is 11.3 Å². The maximum Gasteiger partial charge on any atom is 0.224 e. The smallest absolute Gasteiger partial charge is 0.224 e. The normalized spacial score (nSPS) is 17.6. The summed E-state index contributed by atoms with van der Waals surface area (Å²) in [4.78, 5) is 23.1. The van der Waals surface area contributed by atoms with Gasteiger partial charge in [-0.25, -0.2) is 9.98 Å². The van der Waals surface area contributed by atoms with E-state index < -0.39 is 0 Å². The number of hydrogen-bond donors (Lipinski definition) is 2. The first-order chi connectivity index (χ1) is 12.0. The van der Waals surface area contributed by atoms with E-state index in [1.165, 1.54) is 6.42 Å². The van der Waals surface area contributed by atoms with Crippen LogP contribution in [0.15, 0.2) is 9.41 Å². The minimum absolute atomic E-state index is 0. The number of nitrogens with zero attached hydrogens (tertiary/aromatic N) is 3. The van der Waals surface area contributed by atoms with Gasteiger partial charge in [-0.2, -0.15) is 0 Å². The number of rotatable bonds is 6. The molecule has 0 aromatic carbocycles. The van der Waals surface area contributed by atoms with Crippen LogP contribution in [0, 0.1) is 19.8 Å². The zero-order valence-electron chi connectivity index (χ0n) is 16.3. The summed E-state index contributed by atoms with van der Waals surface area (Å²) in [5.41, 5.74) is 0.893. The summed E-state index contributed by atoms with van der Waals surface area (Å²) in [6.45, 7) is 11.5. The summed E-state index contributed by atoms with van der Waals surface area (Å²) in [5, 5.41) is 6.39. The molecule has 1 aliphatic heterocycles.